The number of hydrogen-bond donors (Lipinski definition) is 2. The highest BCUT2D eigenvalue weighted by Gasteiger charge is 2.33. The Morgan fingerprint density at radius 3 is 1.78 bits per heavy atom. The van der Waals surface area contributed by atoms with Gasteiger partial charge in [-0.2, -0.15) is 0 Å². The van der Waals surface area contributed by atoms with Gasteiger partial charge >= 0.3 is 6.09 Å². The van der Waals surface area contributed by atoms with E-state index >= 15 is 0 Å². The highest BCUT2D eigenvalue weighted by atomic mass is 16.4. The summed E-state index contributed by atoms with van der Waals surface area (Å²) in [5, 5.41) is 19.7. The van der Waals surface area contributed by atoms with Crippen LogP contribution in [-0.4, -0.2) is 38.9 Å². The van der Waals surface area contributed by atoms with E-state index in [0.29, 0.717) is 0 Å². The molecule has 0 heterocycles. The number of unbranched alkanes of at least 4 members (excludes halogenated alkanes) is 11. The van der Waals surface area contributed by atoms with Crippen molar-refractivity contribution in [3.05, 3.63) is 12.2 Å². The maximum Gasteiger partial charge on any atom is 0.408 e. The number of hydrogen-bond acceptors (Lipinski definition) is 2. The molecule has 2 N–H and O–H groups in total. The fraction of sp³-hybridized carbons (Fsp3) is 0.870. The van der Waals surface area contributed by atoms with Gasteiger partial charge in [-0.25, -0.2) is 4.79 Å². The van der Waals surface area contributed by atoms with Crippen molar-refractivity contribution in [1.82, 2.24) is 4.90 Å². The number of aliphatic hydroxyl groups is 1. The number of nitrogens with zero attached hydrogens (tertiary/aromatic N) is 1. The van der Waals surface area contributed by atoms with E-state index in [4.69, 9.17) is 0 Å². The maximum absolute atomic E-state index is 11.5. The second-order valence-corrected chi connectivity index (χ2v) is 8.81. The van der Waals surface area contributed by atoms with Crippen LogP contribution in [0.25, 0.3) is 0 Å². The van der Waals surface area contributed by atoms with Crippen LogP contribution >= 0.6 is 0 Å². The van der Waals surface area contributed by atoms with Crippen LogP contribution in [0.1, 0.15) is 112 Å². The van der Waals surface area contributed by atoms with Crippen molar-refractivity contribution in [2.75, 3.05) is 0 Å². The quantitative estimate of drug-likeness (QED) is 0.242. The van der Waals surface area contributed by atoms with Crippen LogP contribution < -0.4 is 0 Å². The number of carbonyl (C=O) groups is 1. The van der Waals surface area contributed by atoms with Crippen molar-refractivity contribution in [2.45, 2.75) is 129 Å². The molecule has 4 heteroatoms. The molecule has 160 valence electrons. The van der Waals surface area contributed by atoms with Crippen LogP contribution in [0.5, 0.6) is 0 Å². The summed E-state index contributed by atoms with van der Waals surface area (Å²) < 4.78 is 0. The molecule has 0 aromatic heterocycles. The fourth-order valence-corrected chi connectivity index (χ4v) is 3.55. The molecule has 0 rings (SSSR count). The normalized spacial score (nSPS) is 14.4. The summed E-state index contributed by atoms with van der Waals surface area (Å²) in [6.45, 7) is 9.56. The Hall–Kier alpha value is -1.03. The summed E-state index contributed by atoms with van der Waals surface area (Å²) in [5.41, 5.74) is -0.532. The lowest BCUT2D eigenvalue weighted by Crippen LogP contribution is -2.53. The van der Waals surface area contributed by atoms with Crippen LogP contribution in [-0.2, 0) is 0 Å². The molecule has 27 heavy (non-hydrogen) atoms. The summed E-state index contributed by atoms with van der Waals surface area (Å²) >= 11 is 0. The topological polar surface area (TPSA) is 60.8 Å². The average molecular weight is 384 g/mol. The van der Waals surface area contributed by atoms with Crippen molar-refractivity contribution in [3.8, 4) is 0 Å². The first-order chi connectivity index (χ1) is 12.7. The van der Waals surface area contributed by atoms with Gasteiger partial charge in [-0.3, -0.25) is 4.90 Å². The van der Waals surface area contributed by atoms with E-state index in [1.165, 1.54) is 69.1 Å². The molecule has 0 bridgehead atoms. The lowest BCUT2D eigenvalue weighted by molar-refractivity contribution is 0.0317. The summed E-state index contributed by atoms with van der Waals surface area (Å²) in [5.74, 6) is 0. The van der Waals surface area contributed by atoms with Crippen LogP contribution in [0.4, 0.5) is 4.79 Å². The third-order valence-corrected chi connectivity index (χ3v) is 5.14. The maximum atomic E-state index is 11.5. The van der Waals surface area contributed by atoms with Gasteiger partial charge in [-0.05, 0) is 40.5 Å². The molecule has 0 aromatic rings. The largest absolute Gasteiger partial charge is 0.465 e. The molecule has 1 amide bonds. The third-order valence-electron chi connectivity index (χ3n) is 5.14. The van der Waals surface area contributed by atoms with Gasteiger partial charge in [0.1, 0.15) is 0 Å². The highest BCUT2D eigenvalue weighted by Crippen LogP contribution is 2.20. The second kappa shape index (κ2) is 15.0. The second-order valence-electron chi connectivity index (χ2n) is 8.81. The van der Waals surface area contributed by atoms with Gasteiger partial charge < -0.3 is 10.2 Å². The molecule has 0 saturated heterocycles. The predicted octanol–water partition coefficient (Wildman–Crippen LogP) is 6.77. The van der Waals surface area contributed by atoms with E-state index < -0.39 is 23.8 Å². The minimum Gasteiger partial charge on any atom is -0.465 e. The average Bonchev–Trinajstić information content (AvgIpc) is 2.57. The summed E-state index contributed by atoms with van der Waals surface area (Å²) in [7, 11) is 0. The predicted molar refractivity (Wildman–Crippen MR) is 115 cm³/mol. The molecule has 0 saturated carbocycles. The lowest BCUT2D eigenvalue weighted by atomic mass is 10.0. The molecule has 0 radical (unpaired) electrons. The lowest BCUT2D eigenvalue weighted by Gasteiger charge is -2.39. The SMILES string of the molecule is CCCCCCCCCCCCCC=C[C@H](O)[C@H](C)N(C(=O)O)C(C)(C)C. The van der Waals surface area contributed by atoms with Crippen LogP contribution in [0, 0.1) is 0 Å². The summed E-state index contributed by atoms with van der Waals surface area (Å²) in [6.07, 6.45) is 17.5. The van der Waals surface area contributed by atoms with Crippen LogP contribution in [0.2, 0.25) is 0 Å². The van der Waals surface area contributed by atoms with E-state index in [2.05, 4.69) is 6.92 Å². The third kappa shape index (κ3) is 12.9. The van der Waals surface area contributed by atoms with Crippen LogP contribution in [0.3, 0.4) is 0 Å². The molecular weight excluding hydrogens is 338 g/mol. The number of carboxylic acid groups (broad SMARTS) is 1. The smallest absolute Gasteiger partial charge is 0.408 e. The molecule has 4 nitrogen and oxygen atoms in total. The summed E-state index contributed by atoms with van der Waals surface area (Å²) in [4.78, 5) is 12.8. The van der Waals surface area contributed by atoms with Crippen molar-refractivity contribution in [1.29, 1.82) is 0 Å². The molecule has 0 unspecified atom stereocenters. The van der Waals surface area contributed by atoms with Crippen molar-refractivity contribution in [2.24, 2.45) is 0 Å². The molecule has 0 aromatic carbocycles. The Balaban J connectivity index is 3.82. The first-order valence-corrected chi connectivity index (χ1v) is 11.1. The Morgan fingerprint density at radius 2 is 1.37 bits per heavy atom. The minimum absolute atomic E-state index is 0.462. The van der Waals surface area contributed by atoms with Crippen LogP contribution in [0.15, 0.2) is 12.2 Å². The zero-order valence-corrected chi connectivity index (χ0v) is 18.5. The Labute approximate surface area is 168 Å². The van der Waals surface area contributed by atoms with Crippen molar-refractivity contribution in [3.63, 3.8) is 0 Å². The highest BCUT2D eigenvalue weighted by molar-refractivity contribution is 5.66. The molecule has 0 aliphatic rings. The number of rotatable bonds is 15. The molecule has 0 spiro atoms. The first kappa shape index (κ1) is 26.0. The number of aliphatic hydroxyl groups excluding tert-OH is 1. The van der Waals surface area contributed by atoms with E-state index in [1.54, 1.807) is 13.0 Å². The van der Waals surface area contributed by atoms with E-state index in [9.17, 15) is 15.0 Å². The van der Waals surface area contributed by atoms with Gasteiger partial charge in [0, 0.05) is 5.54 Å². The van der Waals surface area contributed by atoms with Crippen molar-refractivity contribution >= 4 is 6.09 Å². The standard InChI is InChI=1S/C23H45NO3/c1-6-7-8-9-10-11-12-13-14-15-16-17-18-19-21(25)20(2)24(22(26)27)23(3,4)5/h18-21,25H,6-17H2,1-5H3,(H,26,27)/t20-,21-/m0/s1. The van der Waals surface area contributed by atoms with Gasteiger partial charge in [0.25, 0.3) is 0 Å². The van der Waals surface area contributed by atoms with E-state index in [-0.39, 0.29) is 0 Å². The number of amides is 1. The first-order valence-electron chi connectivity index (χ1n) is 11.1. The molecule has 0 aliphatic heterocycles. The van der Waals surface area contributed by atoms with Gasteiger partial charge in [-0.15, -0.1) is 0 Å². The Kier molecular flexibility index (Phi) is 14.4. The molecule has 0 fully saturated rings. The molecular formula is C23H45NO3. The van der Waals surface area contributed by atoms with E-state index in [0.717, 1.165) is 12.8 Å². The zero-order chi connectivity index (χ0) is 20.7. The Bertz CT molecular complexity index is 401. The monoisotopic (exact) mass is 383 g/mol. The zero-order valence-electron chi connectivity index (χ0n) is 18.5. The number of allylic oxidation sites excluding steroid dienone is 1. The van der Waals surface area contributed by atoms with E-state index in [1.807, 2.05) is 26.8 Å². The van der Waals surface area contributed by atoms with Gasteiger partial charge in [0.15, 0.2) is 0 Å². The summed E-state index contributed by atoms with van der Waals surface area (Å²) in [6, 6.07) is -0.462. The minimum atomic E-state index is -0.993. The fourth-order valence-electron chi connectivity index (χ4n) is 3.55. The molecule has 0 aliphatic carbocycles. The Morgan fingerprint density at radius 1 is 0.926 bits per heavy atom. The van der Waals surface area contributed by atoms with Gasteiger partial charge in [-0.1, -0.05) is 83.3 Å². The van der Waals surface area contributed by atoms with Gasteiger partial charge in [0.2, 0.25) is 0 Å². The van der Waals surface area contributed by atoms with Gasteiger partial charge in [0.05, 0.1) is 12.1 Å². The molecule has 2 atom stereocenters. The van der Waals surface area contributed by atoms with Crippen molar-refractivity contribution < 1.29 is 15.0 Å².